The van der Waals surface area contributed by atoms with Crippen LogP contribution < -0.4 is 0 Å². The quantitative estimate of drug-likeness (QED) is 0.563. The Morgan fingerprint density at radius 1 is 1.57 bits per heavy atom. The molecular formula is C11H13FOS. The molecule has 1 rings (SSSR count). The van der Waals surface area contributed by atoms with Gasteiger partial charge in [0.2, 0.25) is 0 Å². The van der Waals surface area contributed by atoms with E-state index in [0.29, 0.717) is 12.0 Å². The third-order valence-corrected chi connectivity index (χ3v) is 2.97. The molecule has 0 bridgehead atoms. The Hall–Kier alpha value is -0.830. The molecule has 0 radical (unpaired) electrons. The van der Waals surface area contributed by atoms with E-state index in [-0.39, 0.29) is 11.7 Å². The van der Waals surface area contributed by atoms with Crippen LogP contribution in [-0.2, 0) is 4.79 Å². The molecule has 0 heterocycles. The van der Waals surface area contributed by atoms with Crippen molar-refractivity contribution in [3.05, 3.63) is 29.6 Å². The lowest BCUT2D eigenvalue weighted by atomic mass is 9.98. The normalized spacial score (nSPS) is 12.5. The van der Waals surface area contributed by atoms with E-state index in [2.05, 4.69) is 0 Å². The number of halogens is 1. The van der Waals surface area contributed by atoms with Gasteiger partial charge in [0.15, 0.2) is 0 Å². The van der Waals surface area contributed by atoms with E-state index in [4.69, 9.17) is 0 Å². The molecule has 76 valence electrons. The first-order valence-corrected chi connectivity index (χ1v) is 5.69. The second-order valence-electron chi connectivity index (χ2n) is 3.16. The van der Waals surface area contributed by atoms with E-state index in [1.54, 1.807) is 6.07 Å². The molecule has 1 atom stereocenters. The highest BCUT2D eigenvalue weighted by Crippen LogP contribution is 2.30. The third-order valence-electron chi connectivity index (χ3n) is 2.18. The Morgan fingerprint density at radius 2 is 2.29 bits per heavy atom. The summed E-state index contributed by atoms with van der Waals surface area (Å²) in [6, 6.07) is 5.01. The molecule has 0 N–H and O–H groups in total. The fourth-order valence-corrected chi connectivity index (χ4v) is 2.17. The van der Waals surface area contributed by atoms with Crippen LogP contribution in [0.15, 0.2) is 23.1 Å². The van der Waals surface area contributed by atoms with E-state index in [1.807, 2.05) is 19.2 Å². The fourth-order valence-electron chi connectivity index (χ4n) is 1.44. The maximum absolute atomic E-state index is 13.5. The predicted octanol–water partition coefficient (Wildman–Crippen LogP) is 3.24. The maximum atomic E-state index is 13.5. The Kier molecular flexibility index (Phi) is 4.14. The molecule has 1 aromatic carbocycles. The number of benzene rings is 1. The Morgan fingerprint density at radius 3 is 2.86 bits per heavy atom. The second-order valence-corrected chi connectivity index (χ2v) is 4.01. The van der Waals surface area contributed by atoms with Crippen molar-refractivity contribution in [3.63, 3.8) is 0 Å². The summed E-state index contributed by atoms with van der Waals surface area (Å²) in [7, 11) is 0. The van der Waals surface area contributed by atoms with Gasteiger partial charge in [0.05, 0.1) is 0 Å². The summed E-state index contributed by atoms with van der Waals surface area (Å²) in [6.45, 7) is 1.87. The second kappa shape index (κ2) is 5.15. The Bertz CT molecular complexity index is 325. The Labute approximate surface area is 87.7 Å². The largest absolute Gasteiger partial charge is 0.303 e. The first kappa shape index (κ1) is 11.2. The zero-order chi connectivity index (χ0) is 10.6. The van der Waals surface area contributed by atoms with Gasteiger partial charge in [0.1, 0.15) is 12.1 Å². The molecule has 0 aliphatic rings. The molecule has 1 unspecified atom stereocenters. The van der Waals surface area contributed by atoms with Crippen molar-refractivity contribution in [2.45, 2.75) is 24.2 Å². The van der Waals surface area contributed by atoms with E-state index < -0.39 is 0 Å². The van der Waals surface area contributed by atoms with Crippen molar-refractivity contribution in [1.82, 2.24) is 0 Å². The van der Waals surface area contributed by atoms with Crippen LogP contribution in [0.1, 0.15) is 24.8 Å². The van der Waals surface area contributed by atoms with E-state index in [9.17, 15) is 9.18 Å². The minimum absolute atomic E-state index is 0.0452. The van der Waals surface area contributed by atoms with Crippen molar-refractivity contribution < 1.29 is 9.18 Å². The average Bonchev–Trinajstić information content (AvgIpc) is 2.17. The van der Waals surface area contributed by atoms with E-state index in [1.165, 1.54) is 17.8 Å². The fraction of sp³-hybridized carbons (Fsp3) is 0.364. The highest BCUT2D eigenvalue weighted by Gasteiger charge is 2.14. The molecule has 0 amide bonds. The zero-order valence-electron chi connectivity index (χ0n) is 8.29. The number of hydrogen-bond donors (Lipinski definition) is 0. The van der Waals surface area contributed by atoms with Gasteiger partial charge in [-0.2, -0.15) is 0 Å². The van der Waals surface area contributed by atoms with Gasteiger partial charge in [-0.05, 0) is 24.3 Å². The molecule has 0 saturated heterocycles. The van der Waals surface area contributed by atoms with Crippen molar-refractivity contribution in [2.75, 3.05) is 6.26 Å². The summed E-state index contributed by atoms with van der Waals surface area (Å²) in [5.74, 6) is -0.262. The van der Waals surface area contributed by atoms with Gasteiger partial charge in [-0.3, -0.25) is 0 Å². The topological polar surface area (TPSA) is 17.1 Å². The van der Waals surface area contributed by atoms with Crippen LogP contribution >= 0.6 is 11.8 Å². The van der Waals surface area contributed by atoms with Crippen LogP contribution in [0.4, 0.5) is 4.39 Å². The summed E-state index contributed by atoms with van der Waals surface area (Å²) in [5.41, 5.74) is 0.659. The standard InChI is InChI=1S/C11H13FOS/c1-8(6-7-13)11-9(12)4-3-5-10(11)14-2/h3-5,7-8H,6H2,1-2H3. The van der Waals surface area contributed by atoms with Crippen molar-refractivity contribution in [1.29, 1.82) is 0 Å². The first-order chi connectivity index (χ1) is 6.70. The van der Waals surface area contributed by atoms with Crippen LogP contribution in [0.2, 0.25) is 0 Å². The molecule has 0 aliphatic carbocycles. The molecule has 0 aliphatic heterocycles. The number of rotatable bonds is 4. The summed E-state index contributed by atoms with van der Waals surface area (Å²) in [5, 5.41) is 0. The monoisotopic (exact) mass is 212 g/mol. The summed E-state index contributed by atoms with van der Waals surface area (Å²) < 4.78 is 13.5. The number of carbonyl (C=O) groups excluding carboxylic acids is 1. The third kappa shape index (κ3) is 2.35. The lowest BCUT2D eigenvalue weighted by Gasteiger charge is -2.13. The molecule has 1 aromatic rings. The van der Waals surface area contributed by atoms with Gasteiger partial charge in [-0.1, -0.05) is 13.0 Å². The van der Waals surface area contributed by atoms with Gasteiger partial charge < -0.3 is 4.79 Å². The highest BCUT2D eigenvalue weighted by molar-refractivity contribution is 7.98. The average molecular weight is 212 g/mol. The van der Waals surface area contributed by atoms with Crippen molar-refractivity contribution in [3.8, 4) is 0 Å². The lowest BCUT2D eigenvalue weighted by Crippen LogP contribution is -2.00. The van der Waals surface area contributed by atoms with Gasteiger partial charge in [0, 0.05) is 16.9 Å². The maximum Gasteiger partial charge on any atom is 0.127 e. The number of hydrogen-bond acceptors (Lipinski definition) is 2. The molecular weight excluding hydrogens is 199 g/mol. The van der Waals surface area contributed by atoms with Crippen LogP contribution in [0.25, 0.3) is 0 Å². The smallest absolute Gasteiger partial charge is 0.127 e. The van der Waals surface area contributed by atoms with Gasteiger partial charge in [-0.25, -0.2) is 4.39 Å². The number of aldehydes is 1. The molecule has 0 aromatic heterocycles. The van der Waals surface area contributed by atoms with E-state index in [0.717, 1.165) is 11.2 Å². The molecule has 0 saturated carbocycles. The van der Waals surface area contributed by atoms with Gasteiger partial charge in [-0.15, -0.1) is 11.8 Å². The predicted molar refractivity (Wildman–Crippen MR) is 57.3 cm³/mol. The SMILES string of the molecule is CSc1cccc(F)c1C(C)CC=O. The lowest BCUT2D eigenvalue weighted by molar-refractivity contribution is -0.108. The summed E-state index contributed by atoms with van der Waals surface area (Å²) in [4.78, 5) is 11.3. The molecule has 1 nitrogen and oxygen atoms in total. The van der Waals surface area contributed by atoms with Crippen LogP contribution in [0.3, 0.4) is 0 Å². The van der Waals surface area contributed by atoms with Crippen molar-refractivity contribution in [2.24, 2.45) is 0 Å². The van der Waals surface area contributed by atoms with E-state index >= 15 is 0 Å². The van der Waals surface area contributed by atoms with Crippen molar-refractivity contribution >= 4 is 18.0 Å². The Balaban J connectivity index is 3.09. The summed E-state index contributed by atoms with van der Waals surface area (Å²) >= 11 is 1.51. The minimum Gasteiger partial charge on any atom is -0.303 e. The van der Waals surface area contributed by atoms with Gasteiger partial charge >= 0.3 is 0 Å². The summed E-state index contributed by atoms with van der Waals surface area (Å²) in [6.07, 6.45) is 3.11. The highest BCUT2D eigenvalue weighted by atomic mass is 32.2. The minimum atomic E-state index is -0.216. The molecule has 0 fully saturated rings. The number of carbonyl (C=O) groups is 1. The molecule has 14 heavy (non-hydrogen) atoms. The number of thioether (sulfide) groups is 1. The first-order valence-electron chi connectivity index (χ1n) is 4.46. The van der Waals surface area contributed by atoms with Crippen LogP contribution in [-0.4, -0.2) is 12.5 Å². The molecule has 0 spiro atoms. The van der Waals surface area contributed by atoms with Crippen LogP contribution in [0.5, 0.6) is 0 Å². The molecule has 3 heteroatoms. The zero-order valence-corrected chi connectivity index (χ0v) is 9.10. The van der Waals surface area contributed by atoms with Gasteiger partial charge in [0.25, 0.3) is 0 Å². The van der Waals surface area contributed by atoms with Crippen LogP contribution in [0, 0.1) is 5.82 Å².